The van der Waals surface area contributed by atoms with E-state index in [1.165, 1.54) is 5.56 Å². The van der Waals surface area contributed by atoms with Gasteiger partial charge in [-0.15, -0.1) is 0 Å². The van der Waals surface area contributed by atoms with Gasteiger partial charge in [0.25, 0.3) is 0 Å². The smallest absolute Gasteiger partial charge is 0.155 e. The summed E-state index contributed by atoms with van der Waals surface area (Å²) in [7, 11) is -3.24. The van der Waals surface area contributed by atoms with E-state index in [1.807, 2.05) is 24.3 Å². The van der Waals surface area contributed by atoms with Gasteiger partial charge in [0.15, 0.2) is 9.84 Å². The summed E-state index contributed by atoms with van der Waals surface area (Å²) in [5.74, 6) is -0.242. The fourth-order valence-electron chi connectivity index (χ4n) is 2.78. The van der Waals surface area contributed by atoms with Crippen LogP contribution >= 0.6 is 0 Å². The van der Waals surface area contributed by atoms with Gasteiger partial charge >= 0.3 is 0 Å². The third kappa shape index (κ3) is 2.30. The first-order valence-corrected chi connectivity index (χ1v) is 8.32. The van der Waals surface area contributed by atoms with Crippen LogP contribution in [0.5, 0.6) is 0 Å². The monoisotopic (exact) mass is 283 g/mol. The van der Waals surface area contributed by atoms with Gasteiger partial charge in [-0.1, -0.05) is 38.1 Å². The SMILES string of the molecule is CCc1ccc([C@H]2[C@H](S(=O)(=O)CC)[C@@]2(N)CO)cc1. The first-order valence-electron chi connectivity index (χ1n) is 6.60. The lowest BCUT2D eigenvalue weighted by Crippen LogP contribution is -2.35. The van der Waals surface area contributed by atoms with Gasteiger partial charge in [0, 0.05) is 11.7 Å². The molecular weight excluding hydrogens is 262 g/mol. The second-order valence-electron chi connectivity index (χ2n) is 5.22. The molecule has 0 amide bonds. The zero-order chi connectivity index (χ0) is 14.3. The van der Waals surface area contributed by atoms with Crippen LogP contribution in [0.15, 0.2) is 24.3 Å². The van der Waals surface area contributed by atoms with Gasteiger partial charge in [-0.05, 0) is 17.5 Å². The van der Waals surface area contributed by atoms with Gasteiger partial charge in [-0.2, -0.15) is 0 Å². The Bertz CT molecular complexity index is 553. The number of sulfone groups is 1. The zero-order valence-electron chi connectivity index (χ0n) is 11.3. The lowest BCUT2D eigenvalue weighted by atomic mass is 10.0. The average molecular weight is 283 g/mol. The lowest BCUT2D eigenvalue weighted by Gasteiger charge is -2.07. The van der Waals surface area contributed by atoms with Crippen LogP contribution in [0.3, 0.4) is 0 Å². The van der Waals surface area contributed by atoms with E-state index < -0.39 is 20.6 Å². The molecule has 1 aromatic carbocycles. The van der Waals surface area contributed by atoms with Crippen LogP contribution in [0.25, 0.3) is 0 Å². The first kappa shape index (κ1) is 14.5. The standard InChI is InChI=1S/C14H21NO3S/c1-3-10-5-7-11(8-6-10)12-13(14(12,15)9-16)19(17,18)4-2/h5-8,12-13,16H,3-4,9,15H2,1-2H3/t12-,13-,14+/m0/s1. The quantitative estimate of drug-likeness (QED) is 0.839. The molecule has 3 atom stereocenters. The third-order valence-electron chi connectivity index (χ3n) is 4.11. The molecular formula is C14H21NO3S. The zero-order valence-corrected chi connectivity index (χ0v) is 12.2. The number of aryl methyl sites for hydroxylation is 1. The number of hydrogen-bond acceptors (Lipinski definition) is 4. The molecule has 1 fully saturated rings. The predicted octanol–water partition coefficient (Wildman–Crippen LogP) is 0.839. The van der Waals surface area contributed by atoms with Gasteiger partial charge in [-0.25, -0.2) is 8.42 Å². The molecule has 19 heavy (non-hydrogen) atoms. The number of hydrogen-bond donors (Lipinski definition) is 2. The Morgan fingerprint density at radius 2 is 1.84 bits per heavy atom. The fraction of sp³-hybridized carbons (Fsp3) is 0.571. The van der Waals surface area contributed by atoms with Crippen LogP contribution in [0.2, 0.25) is 0 Å². The second-order valence-corrected chi connectivity index (χ2v) is 7.63. The largest absolute Gasteiger partial charge is 0.394 e. The molecule has 1 aliphatic rings. The van der Waals surface area contributed by atoms with Crippen molar-refractivity contribution in [1.29, 1.82) is 0 Å². The summed E-state index contributed by atoms with van der Waals surface area (Å²) in [5, 5.41) is 8.77. The topological polar surface area (TPSA) is 80.4 Å². The summed E-state index contributed by atoms with van der Waals surface area (Å²) in [4.78, 5) is 0. The summed E-state index contributed by atoms with van der Waals surface area (Å²) in [6, 6.07) is 7.82. The minimum Gasteiger partial charge on any atom is -0.394 e. The molecule has 0 unspecified atom stereocenters. The van der Waals surface area contributed by atoms with E-state index >= 15 is 0 Å². The van der Waals surface area contributed by atoms with Crippen LogP contribution in [0.4, 0.5) is 0 Å². The highest BCUT2D eigenvalue weighted by molar-refractivity contribution is 7.92. The minimum atomic E-state index is -3.24. The maximum Gasteiger partial charge on any atom is 0.155 e. The molecule has 1 aromatic rings. The van der Waals surface area contributed by atoms with E-state index in [4.69, 9.17) is 5.73 Å². The highest BCUT2D eigenvalue weighted by Gasteiger charge is 2.68. The van der Waals surface area contributed by atoms with E-state index in [0.29, 0.717) is 0 Å². The minimum absolute atomic E-state index is 0.0557. The Morgan fingerprint density at radius 3 is 2.26 bits per heavy atom. The molecule has 0 aliphatic heterocycles. The van der Waals surface area contributed by atoms with Crippen molar-refractivity contribution in [1.82, 2.24) is 0 Å². The maximum atomic E-state index is 12.1. The van der Waals surface area contributed by atoms with Crippen LogP contribution in [0.1, 0.15) is 30.9 Å². The van der Waals surface area contributed by atoms with Crippen molar-refractivity contribution < 1.29 is 13.5 Å². The van der Waals surface area contributed by atoms with Crippen molar-refractivity contribution in [2.45, 2.75) is 37.0 Å². The lowest BCUT2D eigenvalue weighted by molar-refractivity contribution is 0.253. The van der Waals surface area contributed by atoms with Crippen molar-refractivity contribution in [3.8, 4) is 0 Å². The highest BCUT2D eigenvalue weighted by atomic mass is 32.2. The summed E-state index contributed by atoms with van der Waals surface area (Å²) in [6.45, 7) is 3.37. The molecule has 0 saturated heterocycles. The van der Waals surface area contributed by atoms with Gasteiger partial charge in [0.2, 0.25) is 0 Å². The first-order chi connectivity index (χ1) is 8.90. The van der Waals surface area contributed by atoms with E-state index in [9.17, 15) is 13.5 Å². The Morgan fingerprint density at radius 1 is 1.26 bits per heavy atom. The summed E-state index contributed by atoms with van der Waals surface area (Å²) >= 11 is 0. The molecule has 1 aliphatic carbocycles. The van der Waals surface area contributed by atoms with Crippen molar-refractivity contribution in [3.05, 3.63) is 35.4 Å². The Labute approximate surface area is 114 Å². The summed E-state index contributed by atoms with van der Waals surface area (Å²) < 4.78 is 24.1. The Kier molecular flexibility index (Phi) is 3.73. The van der Waals surface area contributed by atoms with Gasteiger partial charge < -0.3 is 10.8 Å². The average Bonchev–Trinajstić information content (AvgIpc) is 3.07. The number of aliphatic hydroxyl groups is 1. The number of rotatable bonds is 5. The van der Waals surface area contributed by atoms with Crippen LogP contribution in [0, 0.1) is 0 Å². The number of nitrogens with two attached hydrogens (primary N) is 1. The number of aliphatic hydroxyl groups excluding tert-OH is 1. The van der Waals surface area contributed by atoms with E-state index in [0.717, 1.165) is 12.0 Å². The van der Waals surface area contributed by atoms with Crippen LogP contribution in [-0.4, -0.2) is 36.7 Å². The Hall–Kier alpha value is -0.910. The molecule has 106 valence electrons. The maximum absolute atomic E-state index is 12.1. The van der Waals surface area contributed by atoms with Crippen LogP contribution < -0.4 is 5.73 Å². The molecule has 0 radical (unpaired) electrons. The predicted molar refractivity (Wildman–Crippen MR) is 75.8 cm³/mol. The van der Waals surface area contributed by atoms with Crippen molar-refractivity contribution in [3.63, 3.8) is 0 Å². The summed E-state index contributed by atoms with van der Waals surface area (Å²) in [6.07, 6.45) is 0.940. The molecule has 3 N–H and O–H groups in total. The van der Waals surface area contributed by atoms with Crippen molar-refractivity contribution in [2.24, 2.45) is 5.73 Å². The Balaban J connectivity index is 2.34. The fourth-order valence-corrected chi connectivity index (χ4v) is 4.77. The van der Waals surface area contributed by atoms with Gasteiger partial charge in [-0.3, -0.25) is 0 Å². The molecule has 5 heteroatoms. The molecule has 2 rings (SSSR count). The molecule has 0 spiro atoms. The summed E-state index contributed by atoms with van der Waals surface area (Å²) in [5.41, 5.74) is 7.14. The second kappa shape index (κ2) is 4.89. The molecule has 0 heterocycles. The van der Waals surface area contributed by atoms with E-state index in [1.54, 1.807) is 6.92 Å². The van der Waals surface area contributed by atoms with Crippen LogP contribution in [-0.2, 0) is 16.3 Å². The van der Waals surface area contributed by atoms with Gasteiger partial charge in [0.05, 0.1) is 17.4 Å². The normalized spacial score (nSPS) is 30.3. The number of benzene rings is 1. The van der Waals surface area contributed by atoms with Gasteiger partial charge in [0.1, 0.15) is 0 Å². The van der Waals surface area contributed by atoms with E-state index in [2.05, 4.69) is 6.92 Å². The molecule has 1 saturated carbocycles. The van der Waals surface area contributed by atoms with Crippen molar-refractivity contribution >= 4 is 9.84 Å². The van der Waals surface area contributed by atoms with Crippen molar-refractivity contribution in [2.75, 3.05) is 12.4 Å². The molecule has 0 aromatic heterocycles. The third-order valence-corrected chi connectivity index (χ3v) is 6.40. The molecule has 0 bridgehead atoms. The highest BCUT2D eigenvalue weighted by Crippen LogP contribution is 2.53. The molecule has 4 nitrogen and oxygen atoms in total. The van der Waals surface area contributed by atoms with E-state index in [-0.39, 0.29) is 18.3 Å².